The van der Waals surface area contributed by atoms with E-state index in [-0.39, 0.29) is 17.3 Å². The van der Waals surface area contributed by atoms with Crippen molar-refractivity contribution < 1.29 is 18.0 Å². The first-order chi connectivity index (χ1) is 17.6. The second kappa shape index (κ2) is 12.7. The summed E-state index contributed by atoms with van der Waals surface area (Å²) in [6, 6.07) is 22.9. The summed E-state index contributed by atoms with van der Waals surface area (Å²) in [6.45, 7) is 5.86. The molecule has 0 aliphatic heterocycles. The Hall–Kier alpha value is -3.49. The summed E-state index contributed by atoms with van der Waals surface area (Å²) in [5, 5.41) is 2.85. The Balaban J connectivity index is 1.95. The van der Waals surface area contributed by atoms with Gasteiger partial charge < -0.3 is 10.2 Å². The number of benzene rings is 3. The highest BCUT2D eigenvalue weighted by molar-refractivity contribution is 7.89. The van der Waals surface area contributed by atoms with E-state index < -0.39 is 28.5 Å². The maximum absolute atomic E-state index is 13.8. The third-order valence-corrected chi connectivity index (χ3v) is 7.96. The molecular weight excluding hydrogens is 486 g/mol. The van der Waals surface area contributed by atoms with Crippen molar-refractivity contribution in [3.63, 3.8) is 0 Å². The zero-order valence-electron chi connectivity index (χ0n) is 21.8. The molecule has 1 atom stereocenters. The molecule has 1 N–H and O–H groups in total. The van der Waals surface area contributed by atoms with E-state index in [0.29, 0.717) is 13.0 Å². The third-order valence-electron chi connectivity index (χ3n) is 6.14. The van der Waals surface area contributed by atoms with E-state index in [1.807, 2.05) is 75.4 Å². The van der Waals surface area contributed by atoms with Gasteiger partial charge >= 0.3 is 0 Å². The van der Waals surface area contributed by atoms with E-state index in [0.717, 1.165) is 26.6 Å². The van der Waals surface area contributed by atoms with Crippen molar-refractivity contribution in [3.8, 4) is 0 Å². The van der Waals surface area contributed by atoms with Gasteiger partial charge in [-0.15, -0.1) is 0 Å². The maximum atomic E-state index is 13.8. The lowest BCUT2D eigenvalue weighted by Gasteiger charge is -2.32. The van der Waals surface area contributed by atoms with Crippen molar-refractivity contribution in [2.75, 3.05) is 20.1 Å². The molecule has 2 amide bonds. The molecule has 0 saturated carbocycles. The zero-order valence-corrected chi connectivity index (χ0v) is 22.7. The molecule has 0 heterocycles. The molecule has 37 heavy (non-hydrogen) atoms. The number of sulfonamides is 1. The fraction of sp³-hybridized carbons (Fsp3) is 0.310. The smallest absolute Gasteiger partial charge is 0.243 e. The molecule has 196 valence electrons. The number of aryl methyl sites for hydroxylation is 2. The maximum Gasteiger partial charge on any atom is 0.243 e. The monoisotopic (exact) mass is 521 g/mol. The Kier molecular flexibility index (Phi) is 9.60. The van der Waals surface area contributed by atoms with Crippen LogP contribution in [0.1, 0.15) is 29.2 Å². The van der Waals surface area contributed by atoms with Gasteiger partial charge in [0, 0.05) is 26.6 Å². The van der Waals surface area contributed by atoms with Gasteiger partial charge in [0.2, 0.25) is 21.8 Å². The molecule has 8 heteroatoms. The van der Waals surface area contributed by atoms with Crippen molar-refractivity contribution >= 4 is 21.8 Å². The van der Waals surface area contributed by atoms with Crippen LogP contribution in [0.3, 0.4) is 0 Å². The minimum atomic E-state index is -3.89. The molecule has 0 spiro atoms. The van der Waals surface area contributed by atoms with Crippen molar-refractivity contribution in [1.29, 1.82) is 0 Å². The number of carbonyl (C=O) groups excluding carboxylic acids is 2. The summed E-state index contributed by atoms with van der Waals surface area (Å²) in [7, 11) is -2.51. The molecule has 3 rings (SSSR count). The molecule has 0 aliphatic rings. The van der Waals surface area contributed by atoms with Crippen LogP contribution in [0.2, 0.25) is 0 Å². The Labute approximate surface area is 220 Å². The van der Waals surface area contributed by atoms with Gasteiger partial charge in [-0.2, -0.15) is 4.31 Å². The van der Waals surface area contributed by atoms with Crippen LogP contribution in [0.4, 0.5) is 0 Å². The molecule has 3 aromatic rings. The Morgan fingerprint density at radius 3 is 2.14 bits per heavy atom. The molecule has 7 nitrogen and oxygen atoms in total. The molecule has 0 radical (unpaired) electrons. The summed E-state index contributed by atoms with van der Waals surface area (Å²) in [6.07, 6.45) is 0.304. The Morgan fingerprint density at radius 1 is 0.865 bits per heavy atom. The van der Waals surface area contributed by atoms with Gasteiger partial charge in [-0.3, -0.25) is 9.59 Å². The summed E-state index contributed by atoms with van der Waals surface area (Å²) in [5.41, 5.74) is 3.73. The third kappa shape index (κ3) is 7.50. The van der Waals surface area contributed by atoms with E-state index in [9.17, 15) is 18.0 Å². The lowest BCUT2D eigenvalue weighted by Crippen LogP contribution is -2.53. The number of hydrogen-bond donors (Lipinski definition) is 1. The lowest BCUT2D eigenvalue weighted by atomic mass is 10.0. The molecule has 0 aliphatic carbocycles. The van der Waals surface area contributed by atoms with Gasteiger partial charge in [0.1, 0.15) is 6.04 Å². The molecule has 0 saturated heterocycles. The number of nitrogens with zero attached hydrogens (tertiary/aromatic N) is 2. The van der Waals surface area contributed by atoms with Crippen LogP contribution in [-0.2, 0) is 32.6 Å². The van der Waals surface area contributed by atoms with Crippen molar-refractivity contribution in [2.45, 2.75) is 44.7 Å². The molecule has 0 fully saturated rings. The predicted molar refractivity (Wildman–Crippen MR) is 145 cm³/mol. The van der Waals surface area contributed by atoms with Crippen LogP contribution in [0, 0.1) is 13.8 Å². The summed E-state index contributed by atoms with van der Waals surface area (Å²) >= 11 is 0. The first-order valence-electron chi connectivity index (χ1n) is 12.3. The van der Waals surface area contributed by atoms with Gasteiger partial charge in [0.15, 0.2) is 0 Å². The second-order valence-electron chi connectivity index (χ2n) is 9.18. The Bertz CT molecular complexity index is 1310. The van der Waals surface area contributed by atoms with E-state index in [2.05, 4.69) is 5.32 Å². The number of amides is 2. The van der Waals surface area contributed by atoms with Crippen molar-refractivity contribution in [1.82, 2.24) is 14.5 Å². The van der Waals surface area contributed by atoms with Gasteiger partial charge in [-0.05, 0) is 44.0 Å². The summed E-state index contributed by atoms with van der Waals surface area (Å²) in [4.78, 5) is 28.6. The normalized spacial score (nSPS) is 12.2. The van der Waals surface area contributed by atoms with Crippen molar-refractivity contribution in [3.05, 3.63) is 101 Å². The van der Waals surface area contributed by atoms with Crippen molar-refractivity contribution in [2.24, 2.45) is 0 Å². The van der Waals surface area contributed by atoms with Crippen LogP contribution in [0.15, 0.2) is 83.8 Å². The highest BCUT2D eigenvalue weighted by Crippen LogP contribution is 2.19. The Morgan fingerprint density at radius 2 is 1.51 bits per heavy atom. The number of likely N-dealkylation sites (N-methyl/N-ethyl adjacent to an activating group) is 2. The SMILES string of the molecule is CCNC(=O)[C@@H](Cc1ccccc1)N(Cc1cccc(C)c1)C(=O)CN(C)S(=O)(=O)c1ccc(C)cc1. The quantitative estimate of drug-likeness (QED) is 0.417. The largest absolute Gasteiger partial charge is 0.355 e. The fourth-order valence-electron chi connectivity index (χ4n) is 4.11. The van der Waals surface area contributed by atoms with Gasteiger partial charge in [-0.25, -0.2) is 8.42 Å². The highest BCUT2D eigenvalue weighted by atomic mass is 32.2. The molecule has 0 aromatic heterocycles. The van der Waals surface area contributed by atoms with Crippen LogP contribution < -0.4 is 5.32 Å². The van der Waals surface area contributed by atoms with Crippen LogP contribution in [0.25, 0.3) is 0 Å². The highest BCUT2D eigenvalue weighted by Gasteiger charge is 2.32. The van der Waals surface area contributed by atoms with E-state index in [1.54, 1.807) is 12.1 Å². The lowest BCUT2D eigenvalue weighted by molar-refractivity contribution is -0.141. The topological polar surface area (TPSA) is 86.8 Å². The fourth-order valence-corrected chi connectivity index (χ4v) is 5.23. The number of carbonyl (C=O) groups is 2. The average molecular weight is 522 g/mol. The van der Waals surface area contributed by atoms with E-state index >= 15 is 0 Å². The summed E-state index contributed by atoms with van der Waals surface area (Å²) < 4.78 is 27.4. The number of rotatable bonds is 11. The van der Waals surface area contributed by atoms with Gasteiger partial charge in [0.05, 0.1) is 11.4 Å². The van der Waals surface area contributed by atoms with Gasteiger partial charge in [-0.1, -0.05) is 77.9 Å². The predicted octanol–water partition coefficient (Wildman–Crippen LogP) is 3.70. The minimum absolute atomic E-state index is 0.114. The van der Waals surface area contributed by atoms with Crippen LogP contribution in [0.5, 0.6) is 0 Å². The molecular formula is C29H35N3O4S. The van der Waals surface area contributed by atoms with Gasteiger partial charge in [0.25, 0.3) is 0 Å². The summed E-state index contributed by atoms with van der Waals surface area (Å²) in [5.74, 6) is -0.733. The van der Waals surface area contributed by atoms with Crippen LogP contribution >= 0.6 is 0 Å². The molecule has 0 bridgehead atoms. The first-order valence-corrected chi connectivity index (χ1v) is 13.8. The minimum Gasteiger partial charge on any atom is -0.355 e. The standard InChI is InChI=1S/C29H35N3O4S/c1-5-30-29(34)27(19-24-11-7-6-8-12-24)32(20-25-13-9-10-23(3)18-25)28(33)21-31(4)37(35,36)26-16-14-22(2)15-17-26/h6-18,27H,5,19-21H2,1-4H3,(H,30,34)/t27-/m1/s1. The second-order valence-corrected chi connectivity index (χ2v) is 11.2. The van der Waals surface area contributed by atoms with Crippen LogP contribution in [-0.4, -0.2) is 55.6 Å². The zero-order chi connectivity index (χ0) is 27.0. The number of nitrogens with one attached hydrogen (secondary N) is 1. The van der Waals surface area contributed by atoms with E-state index in [1.165, 1.54) is 24.1 Å². The first kappa shape index (κ1) is 28.1. The molecule has 0 unspecified atom stereocenters. The average Bonchev–Trinajstić information content (AvgIpc) is 2.87. The number of hydrogen-bond acceptors (Lipinski definition) is 4. The molecule has 3 aromatic carbocycles. The van der Waals surface area contributed by atoms with E-state index in [4.69, 9.17) is 0 Å².